The third-order valence-electron chi connectivity index (χ3n) is 5.03. The lowest BCUT2D eigenvalue weighted by molar-refractivity contribution is 0.325. The molecule has 27 heavy (non-hydrogen) atoms. The third kappa shape index (κ3) is 5.39. The van der Waals surface area contributed by atoms with E-state index in [1.165, 1.54) is 10.4 Å². The molecule has 2 aromatic carbocycles. The fourth-order valence-electron chi connectivity index (χ4n) is 3.23. The quantitative estimate of drug-likeness (QED) is 0.545. The summed E-state index contributed by atoms with van der Waals surface area (Å²) in [4.78, 5) is 0. The van der Waals surface area contributed by atoms with E-state index in [0.717, 1.165) is 12.1 Å². The minimum Gasteiger partial charge on any atom is -0.425 e. The lowest BCUT2D eigenvalue weighted by Crippen LogP contribution is -2.67. The lowest BCUT2D eigenvalue weighted by atomic mass is 10.4. The Morgan fingerprint density at radius 3 is 1.52 bits per heavy atom. The van der Waals surface area contributed by atoms with Crippen LogP contribution in [0.4, 0.5) is 0 Å². The summed E-state index contributed by atoms with van der Waals surface area (Å²) in [6.45, 7) is 11.7. The van der Waals surface area contributed by atoms with Crippen LogP contribution >= 0.6 is 0 Å². The topological polar surface area (TPSA) is 18.5 Å². The van der Waals surface area contributed by atoms with Gasteiger partial charge in [-0.15, -0.1) is 5.70 Å². The SMILES string of the molecule is CC[Si](C=C[Si](C)(C)C)(CC)O[Si](OC)(c1ccccc1)c1ccccc1. The first-order chi connectivity index (χ1) is 12.8. The van der Waals surface area contributed by atoms with Gasteiger partial charge in [0.05, 0.1) is 8.07 Å². The maximum Gasteiger partial charge on any atom is 0.396 e. The van der Waals surface area contributed by atoms with Crippen LogP contribution in [0.25, 0.3) is 0 Å². The molecule has 0 fully saturated rings. The van der Waals surface area contributed by atoms with Crippen LogP contribution in [0.2, 0.25) is 31.7 Å². The van der Waals surface area contributed by atoms with Crippen molar-refractivity contribution in [2.24, 2.45) is 0 Å². The van der Waals surface area contributed by atoms with Crippen LogP contribution in [0.1, 0.15) is 13.8 Å². The van der Waals surface area contributed by atoms with Gasteiger partial charge in [-0.1, -0.05) is 99.9 Å². The van der Waals surface area contributed by atoms with Gasteiger partial charge in [-0.2, -0.15) is 0 Å². The molecule has 0 aliphatic rings. The first-order valence-electron chi connectivity index (χ1n) is 9.87. The zero-order valence-electron chi connectivity index (χ0n) is 17.7. The molecule has 0 aliphatic heterocycles. The Morgan fingerprint density at radius 1 is 0.741 bits per heavy atom. The molecule has 0 radical (unpaired) electrons. The largest absolute Gasteiger partial charge is 0.425 e. The highest BCUT2D eigenvalue weighted by Crippen LogP contribution is 2.25. The van der Waals surface area contributed by atoms with Crippen molar-refractivity contribution in [2.75, 3.05) is 7.11 Å². The lowest BCUT2D eigenvalue weighted by Gasteiger charge is -2.39. The molecule has 0 bridgehead atoms. The number of hydrogen-bond donors (Lipinski definition) is 0. The van der Waals surface area contributed by atoms with E-state index in [9.17, 15) is 0 Å². The van der Waals surface area contributed by atoms with Crippen LogP contribution in [-0.2, 0) is 8.54 Å². The molecule has 0 N–H and O–H groups in total. The van der Waals surface area contributed by atoms with E-state index in [2.05, 4.69) is 106 Å². The van der Waals surface area contributed by atoms with E-state index >= 15 is 0 Å². The summed E-state index contributed by atoms with van der Waals surface area (Å²) in [6, 6.07) is 23.2. The Balaban J connectivity index is 2.61. The molecule has 0 amide bonds. The van der Waals surface area contributed by atoms with Gasteiger partial charge in [0.15, 0.2) is 0 Å². The molecule has 0 atom stereocenters. The summed E-state index contributed by atoms with van der Waals surface area (Å²) < 4.78 is 13.6. The molecule has 2 rings (SSSR count). The molecule has 5 heteroatoms. The Kier molecular flexibility index (Phi) is 7.59. The van der Waals surface area contributed by atoms with E-state index < -0.39 is 25.0 Å². The third-order valence-corrected chi connectivity index (χ3v) is 15.2. The highest BCUT2D eigenvalue weighted by molar-refractivity contribution is 7.00. The Morgan fingerprint density at radius 2 is 1.19 bits per heavy atom. The predicted molar refractivity (Wildman–Crippen MR) is 125 cm³/mol. The minimum atomic E-state index is -2.77. The van der Waals surface area contributed by atoms with Gasteiger partial charge in [0, 0.05) is 7.11 Å². The standard InChI is InChI=1S/C22H34O2Si3/c1-7-26(8-2,20-19-25(4,5)6)24-27(23-3,21-15-11-9-12-16-21)22-17-13-10-14-18-22/h9-20H,7-8H2,1-6H3. The Hall–Kier alpha value is -1.25. The summed E-state index contributed by atoms with van der Waals surface area (Å²) in [7, 11) is -4.33. The minimum absolute atomic E-state index is 1.06. The molecular formula is C22H34O2Si3. The Bertz CT molecular complexity index is 681. The van der Waals surface area contributed by atoms with E-state index in [1.54, 1.807) is 0 Å². The maximum atomic E-state index is 7.23. The van der Waals surface area contributed by atoms with Crippen molar-refractivity contribution in [3.05, 3.63) is 72.1 Å². The van der Waals surface area contributed by atoms with Crippen LogP contribution in [0.3, 0.4) is 0 Å². The number of hydrogen-bond acceptors (Lipinski definition) is 2. The normalized spacial score (nSPS) is 13.3. The van der Waals surface area contributed by atoms with Crippen LogP contribution in [-0.4, -0.2) is 32.1 Å². The second kappa shape index (κ2) is 9.30. The highest BCUT2D eigenvalue weighted by Gasteiger charge is 2.47. The zero-order valence-corrected chi connectivity index (χ0v) is 20.7. The van der Waals surface area contributed by atoms with Gasteiger partial charge in [0.25, 0.3) is 0 Å². The molecule has 2 aromatic rings. The average molecular weight is 415 g/mol. The van der Waals surface area contributed by atoms with Gasteiger partial charge in [-0.05, 0) is 22.5 Å². The van der Waals surface area contributed by atoms with Crippen LogP contribution in [0.15, 0.2) is 72.1 Å². The molecule has 0 unspecified atom stereocenters. The first-order valence-corrected chi connectivity index (χ1v) is 17.7. The highest BCUT2D eigenvalue weighted by atomic mass is 28.4. The van der Waals surface area contributed by atoms with Gasteiger partial charge in [-0.25, -0.2) is 0 Å². The molecule has 0 aromatic heterocycles. The smallest absolute Gasteiger partial charge is 0.396 e. The van der Waals surface area contributed by atoms with Crippen LogP contribution in [0.5, 0.6) is 0 Å². The van der Waals surface area contributed by atoms with Crippen LogP contribution < -0.4 is 10.4 Å². The summed E-state index contributed by atoms with van der Waals surface area (Å²) >= 11 is 0. The van der Waals surface area contributed by atoms with E-state index in [4.69, 9.17) is 8.54 Å². The molecule has 0 saturated carbocycles. The second-order valence-electron chi connectivity index (χ2n) is 8.13. The van der Waals surface area contributed by atoms with Crippen molar-refractivity contribution < 1.29 is 8.54 Å². The first kappa shape index (κ1) is 22.0. The molecule has 0 spiro atoms. The number of rotatable bonds is 9. The van der Waals surface area contributed by atoms with Gasteiger partial charge >= 0.3 is 8.56 Å². The molecule has 0 heterocycles. The molecule has 0 saturated heterocycles. The van der Waals surface area contributed by atoms with Crippen molar-refractivity contribution in [2.45, 2.75) is 45.6 Å². The molecule has 146 valence electrons. The van der Waals surface area contributed by atoms with Crippen molar-refractivity contribution in [1.29, 1.82) is 0 Å². The summed E-state index contributed by atoms with van der Waals surface area (Å²) in [5.41, 5.74) is 4.93. The fraction of sp³-hybridized carbons (Fsp3) is 0.364. The van der Waals surface area contributed by atoms with Crippen LogP contribution in [0, 0.1) is 0 Å². The maximum absolute atomic E-state index is 7.23. The van der Waals surface area contributed by atoms with Crippen molar-refractivity contribution in [1.82, 2.24) is 0 Å². The van der Waals surface area contributed by atoms with E-state index in [-0.39, 0.29) is 0 Å². The summed E-state index contributed by atoms with van der Waals surface area (Å²) in [5.74, 6) is 0. The zero-order chi connectivity index (χ0) is 20.0. The second-order valence-corrected chi connectivity index (χ2v) is 20.7. The molecule has 2 nitrogen and oxygen atoms in total. The van der Waals surface area contributed by atoms with Crippen molar-refractivity contribution >= 4 is 35.3 Å². The number of benzene rings is 2. The van der Waals surface area contributed by atoms with Crippen molar-refractivity contribution in [3.63, 3.8) is 0 Å². The summed E-state index contributed by atoms with van der Waals surface area (Å²) in [5, 5.41) is 2.36. The van der Waals surface area contributed by atoms with Crippen molar-refractivity contribution in [3.8, 4) is 0 Å². The average Bonchev–Trinajstić information content (AvgIpc) is 2.70. The van der Waals surface area contributed by atoms with Gasteiger partial charge < -0.3 is 8.54 Å². The molecule has 0 aliphatic carbocycles. The van der Waals surface area contributed by atoms with Gasteiger partial charge in [-0.3, -0.25) is 0 Å². The Labute approximate surface area is 168 Å². The fourth-order valence-corrected chi connectivity index (χ4v) is 14.5. The predicted octanol–water partition coefficient (Wildman–Crippen LogP) is 4.86. The summed E-state index contributed by atoms with van der Waals surface area (Å²) in [6.07, 6.45) is 0. The monoisotopic (exact) mass is 414 g/mol. The molecular weight excluding hydrogens is 380 g/mol. The van der Waals surface area contributed by atoms with E-state index in [0.29, 0.717) is 0 Å². The van der Waals surface area contributed by atoms with E-state index in [1.807, 2.05) is 7.11 Å². The van der Waals surface area contributed by atoms with Gasteiger partial charge in [0.2, 0.25) is 8.32 Å². The van der Waals surface area contributed by atoms with Gasteiger partial charge in [0.1, 0.15) is 0 Å².